The average Bonchev–Trinajstić information content (AvgIpc) is 2.69. The summed E-state index contributed by atoms with van der Waals surface area (Å²) in [6.07, 6.45) is 0.555. The lowest BCUT2D eigenvalue weighted by Gasteiger charge is -2.40. The third-order valence-corrected chi connectivity index (χ3v) is 7.54. The number of hydrogen-bond donors (Lipinski definition) is 1. The predicted octanol–water partition coefficient (Wildman–Crippen LogP) is 8.56. The Morgan fingerprint density at radius 3 is 2.15 bits per heavy atom. The monoisotopic (exact) mass is 507 g/mol. The van der Waals surface area contributed by atoms with Crippen LogP contribution in [0.3, 0.4) is 0 Å². The van der Waals surface area contributed by atoms with Gasteiger partial charge in [0.25, 0.3) is 0 Å². The highest BCUT2D eigenvalue weighted by molar-refractivity contribution is 8.45. The number of fused-ring (bicyclic) bond motifs is 1. The number of nitrogens with zero attached hydrogens (tertiary/aromatic N) is 1. The van der Waals surface area contributed by atoms with E-state index in [-0.39, 0.29) is 23.0 Å². The zero-order chi connectivity index (χ0) is 25.8. The normalized spacial score (nSPS) is 21.0. The number of halogens is 5. The van der Waals surface area contributed by atoms with Crippen molar-refractivity contribution >= 4 is 10.2 Å². The molecule has 2 aromatic rings. The highest BCUT2D eigenvalue weighted by atomic mass is 32.5. The van der Waals surface area contributed by atoms with Gasteiger partial charge in [0, 0.05) is 29.1 Å². The number of pyridine rings is 1. The summed E-state index contributed by atoms with van der Waals surface area (Å²) in [5, 5.41) is 11.3. The van der Waals surface area contributed by atoms with Crippen molar-refractivity contribution in [2.75, 3.05) is 6.61 Å². The van der Waals surface area contributed by atoms with Crippen molar-refractivity contribution in [3.05, 3.63) is 57.9 Å². The van der Waals surface area contributed by atoms with Crippen LogP contribution in [0.25, 0.3) is 0 Å². The number of rotatable bonds is 7. The Balaban J connectivity index is 2.21. The fraction of sp³-hybridized carbons (Fsp3) is 0.560. The van der Waals surface area contributed by atoms with Crippen LogP contribution in [0.1, 0.15) is 99.7 Å². The molecule has 0 radical (unpaired) electrons. The van der Waals surface area contributed by atoms with Crippen LogP contribution in [0.15, 0.2) is 29.2 Å². The van der Waals surface area contributed by atoms with E-state index in [1.807, 2.05) is 27.7 Å². The third kappa shape index (κ3) is 5.41. The molecule has 2 atom stereocenters. The Kier molecular flexibility index (Phi) is 6.46. The van der Waals surface area contributed by atoms with Gasteiger partial charge in [-0.2, -0.15) is 0 Å². The lowest BCUT2D eigenvalue weighted by Crippen LogP contribution is -2.31. The molecule has 0 saturated heterocycles. The van der Waals surface area contributed by atoms with Crippen LogP contribution in [0.4, 0.5) is 19.4 Å². The molecular weight excluding hydrogens is 473 g/mol. The van der Waals surface area contributed by atoms with Gasteiger partial charge in [-0.25, -0.2) is 0 Å². The van der Waals surface area contributed by atoms with Crippen molar-refractivity contribution in [3.8, 4) is 0 Å². The average molecular weight is 508 g/mol. The molecule has 0 bridgehead atoms. The van der Waals surface area contributed by atoms with E-state index in [0.717, 1.165) is 41.8 Å². The van der Waals surface area contributed by atoms with Gasteiger partial charge in [-0.05, 0) is 60.8 Å². The molecule has 1 aromatic carbocycles. The first-order valence-corrected chi connectivity index (χ1v) is 13.5. The molecule has 1 heterocycles. The fourth-order valence-corrected chi connectivity index (χ4v) is 5.58. The number of hydrogen-bond acceptors (Lipinski definition) is 3. The second-order valence-corrected chi connectivity index (χ2v) is 12.6. The zero-order valence-electron chi connectivity index (χ0n) is 20.5. The molecule has 3 nitrogen and oxygen atoms in total. The van der Waals surface area contributed by atoms with Crippen molar-refractivity contribution in [1.29, 1.82) is 0 Å². The van der Waals surface area contributed by atoms with E-state index in [1.54, 1.807) is 0 Å². The van der Waals surface area contributed by atoms with Crippen LogP contribution < -0.4 is 0 Å². The zero-order valence-corrected chi connectivity index (χ0v) is 21.3. The molecule has 192 valence electrons. The molecule has 0 amide bonds. The van der Waals surface area contributed by atoms with Crippen molar-refractivity contribution in [3.63, 3.8) is 0 Å². The number of benzene rings is 1. The molecule has 3 rings (SSSR count). The topological polar surface area (TPSA) is 42.4 Å². The van der Waals surface area contributed by atoms with E-state index in [1.165, 1.54) is 0 Å². The molecule has 1 unspecified atom stereocenters. The Hall–Kier alpha value is -1.71. The standard InChI is InChI=1S/C25H34F5NO2S/c1-7-18-21-19(13-25(5,6)14-20(21)33-8-2)31-23(15(3)4)22(18)24(32)16-9-11-17(12-10-16)34(26,27,28,29)30/h9-12,15,20,24,32H,7-8,13-14H2,1-6H3/t20?,24-/m0/s1. The van der Waals surface area contributed by atoms with E-state index in [4.69, 9.17) is 9.72 Å². The van der Waals surface area contributed by atoms with Crippen molar-refractivity contribution in [1.82, 2.24) is 4.98 Å². The second kappa shape index (κ2) is 8.17. The van der Waals surface area contributed by atoms with E-state index in [0.29, 0.717) is 36.4 Å². The maximum absolute atomic E-state index is 13.2. The smallest absolute Gasteiger partial charge is 0.310 e. The van der Waals surface area contributed by atoms with Gasteiger partial charge in [-0.15, -0.1) is 0 Å². The molecule has 9 heteroatoms. The molecule has 34 heavy (non-hydrogen) atoms. The Bertz CT molecular complexity index is 1070. The summed E-state index contributed by atoms with van der Waals surface area (Å²) in [5.41, 5.74) is 3.99. The molecule has 1 N–H and O–H groups in total. The highest BCUT2D eigenvalue weighted by Gasteiger charge is 2.65. The Morgan fingerprint density at radius 1 is 1.09 bits per heavy atom. The van der Waals surface area contributed by atoms with Gasteiger partial charge in [0.15, 0.2) is 0 Å². The third-order valence-electron chi connectivity index (χ3n) is 6.38. The lowest BCUT2D eigenvalue weighted by atomic mass is 9.72. The molecule has 1 aromatic heterocycles. The number of aromatic nitrogens is 1. The first kappa shape index (κ1) is 26.9. The minimum Gasteiger partial charge on any atom is -0.384 e. The van der Waals surface area contributed by atoms with E-state index < -0.39 is 21.2 Å². The SMILES string of the molecule is CCOC1CC(C)(C)Cc2nc(C(C)C)c([C@@H](O)c3ccc(S(F)(F)(F)(F)F)cc3)c(CC)c21. The van der Waals surface area contributed by atoms with Crippen molar-refractivity contribution in [2.24, 2.45) is 5.41 Å². The molecule has 0 saturated carbocycles. The highest BCUT2D eigenvalue weighted by Crippen LogP contribution is 3.02. The van der Waals surface area contributed by atoms with Crippen molar-refractivity contribution in [2.45, 2.75) is 83.8 Å². The van der Waals surface area contributed by atoms with E-state index in [9.17, 15) is 24.5 Å². The number of aliphatic hydroxyl groups excluding tert-OH is 1. The quantitative estimate of drug-likeness (QED) is 0.382. The molecule has 1 aliphatic carbocycles. The van der Waals surface area contributed by atoms with Crippen LogP contribution in [-0.4, -0.2) is 16.7 Å². The van der Waals surface area contributed by atoms with Gasteiger partial charge < -0.3 is 9.84 Å². The minimum absolute atomic E-state index is 0.0272. The molecule has 0 aliphatic heterocycles. The van der Waals surface area contributed by atoms with Gasteiger partial charge >= 0.3 is 10.2 Å². The van der Waals surface area contributed by atoms with Crippen LogP contribution in [0, 0.1) is 5.41 Å². The van der Waals surface area contributed by atoms with Gasteiger partial charge in [0.05, 0.1) is 6.10 Å². The van der Waals surface area contributed by atoms with Crippen molar-refractivity contribution < 1.29 is 29.3 Å². The van der Waals surface area contributed by atoms with Crippen LogP contribution in [-0.2, 0) is 17.6 Å². The minimum atomic E-state index is -9.79. The summed E-state index contributed by atoms with van der Waals surface area (Å²) in [7, 11) is -9.79. The van der Waals surface area contributed by atoms with E-state index in [2.05, 4.69) is 13.8 Å². The molecular formula is C25H34F5NO2S. The molecule has 0 spiro atoms. The Morgan fingerprint density at radius 2 is 1.68 bits per heavy atom. The van der Waals surface area contributed by atoms with Gasteiger partial charge in [0.2, 0.25) is 0 Å². The predicted molar refractivity (Wildman–Crippen MR) is 126 cm³/mol. The summed E-state index contributed by atoms with van der Waals surface area (Å²) >= 11 is 0. The summed E-state index contributed by atoms with van der Waals surface area (Å²) < 4.78 is 71.9. The van der Waals surface area contributed by atoms with Gasteiger partial charge in [0.1, 0.15) is 11.0 Å². The summed E-state index contributed by atoms with van der Waals surface area (Å²) in [6.45, 7) is 12.6. The van der Waals surface area contributed by atoms with Crippen LogP contribution in [0.5, 0.6) is 0 Å². The van der Waals surface area contributed by atoms with Gasteiger partial charge in [-0.1, -0.05) is 66.2 Å². The lowest BCUT2D eigenvalue weighted by molar-refractivity contribution is 0.0182. The summed E-state index contributed by atoms with van der Waals surface area (Å²) in [4.78, 5) is 2.97. The maximum Gasteiger partial charge on any atom is 0.310 e. The molecule has 1 aliphatic rings. The maximum atomic E-state index is 13.2. The second-order valence-electron chi connectivity index (χ2n) is 10.2. The summed E-state index contributed by atoms with van der Waals surface area (Å²) in [6, 6.07) is 2.53. The first-order chi connectivity index (χ1) is 15.4. The number of ether oxygens (including phenoxy) is 1. The summed E-state index contributed by atoms with van der Waals surface area (Å²) in [5.74, 6) is -0.0696. The van der Waals surface area contributed by atoms with E-state index >= 15 is 0 Å². The first-order valence-electron chi connectivity index (χ1n) is 11.6. The molecule has 0 fully saturated rings. The van der Waals surface area contributed by atoms with Crippen LogP contribution >= 0.6 is 10.2 Å². The Labute approximate surface area is 198 Å². The largest absolute Gasteiger partial charge is 0.384 e. The number of aliphatic hydroxyl groups is 1. The fourth-order valence-electron chi connectivity index (χ4n) is 4.93. The van der Waals surface area contributed by atoms with Gasteiger partial charge in [-0.3, -0.25) is 4.98 Å². The van der Waals surface area contributed by atoms with Crippen LogP contribution in [0.2, 0.25) is 0 Å².